The summed E-state index contributed by atoms with van der Waals surface area (Å²) in [6.07, 6.45) is 9.57. The Labute approximate surface area is 147 Å². The predicted molar refractivity (Wildman–Crippen MR) is 103 cm³/mol. The summed E-state index contributed by atoms with van der Waals surface area (Å²) < 4.78 is 0. The maximum absolute atomic E-state index is 4.86. The average Bonchev–Trinajstić information content (AvgIpc) is 3.07. The van der Waals surface area contributed by atoms with Crippen LogP contribution >= 0.6 is 0 Å². The maximum atomic E-state index is 4.86. The number of unbranched alkanes of at least 4 members (excludes halogenated alkanes) is 3. The van der Waals surface area contributed by atoms with E-state index in [4.69, 9.17) is 4.98 Å². The summed E-state index contributed by atoms with van der Waals surface area (Å²) in [5.41, 5.74) is 2.21. The van der Waals surface area contributed by atoms with Crippen LogP contribution in [-0.2, 0) is 0 Å². The molecule has 0 aliphatic heterocycles. The zero-order valence-electron chi connectivity index (χ0n) is 15.5. The molecule has 2 rings (SSSR count). The lowest BCUT2D eigenvalue weighted by molar-refractivity contribution is 0.430. The average molecular weight is 328 g/mol. The van der Waals surface area contributed by atoms with Crippen molar-refractivity contribution in [2.45, 2.75) is 65.3 Å². The number of aromatic nitrogens is 2. The third-order valence-corrected chi connectivity index (χ3v) is 4.46. The Bertz CT molecular complexity index is 559. The molecule has 1 atom stereocenters. The molecule has 0 saturated carbocycles. The van der Waals surface area contributed by atoms with Gasteiger partial charge in [-0.15, -0.1) is 0 Å². The van der Waals surface area contributed by atoms with Gasteiger partial charge in [0.1, 0.15) is 5.82 Å². The van der Waals surface area contributed by atoms with Gasteiger partial charge in [-0.3, -0.25) is 0 Å². The van der Waals surface area contributed by atoms with E-state index >= 15 is 0 Å². The topological polar surface area (TPSA) is 40.7 Å². The van der Waals surface area contributed by atoms with Gasteiger partial charge in [-0.1, -0.05) is 76.8 Å². The van der Waals surface area contributed by atoms with E-state index in [1.165, 1.54) is 37.7 Å². The molecule has 0 amide bonds. The summed E-state index contributed by atoms with van der Waals surface area (Å²) in [6, 6.07) is 10.7. The monoisotopic (exact) mass is 327 g/mol. The summed E-state index contributed by atoms with van der Waals surface area (Å²) in [5, 5.41) is 3.72. The van der Waals surface area contributed by atoms with Crippen molar-refractivity contribution in [1.82, 2.24) is 15.3 Å². The van der Waals surface area contributed by atoms with Gasteiger partial charge in [0.25, 0.3) is 0 Å². The SMILES string of the molecule is CCCCCCC(NCCC(C)C)c1nc(-c2ccccc2)c[nH]1. The van der Waals surface area contributed by atoms with E-state index in [1.807, 2.05) is 12.3 Å². The number of hydrogen-bond acceptors (Lipinski definition) is 2. The van der Waals surface area contributed by atoms with Gasteiger partial charge in [0.15, 0.2) is 0 Å². The normalized spacial score (nSPS) is 12.7. The van der Waals surface area contributed by atoms with Gasteiger partial charge in [0, 0.05) is 11.8 Å². The molecule has 24 heavy (non-hydrogen) atoms. The molecule has 1 aromatic heterocycles. The van der Waals surface area contributed by atoms with Crippen molar-refractivity contribution in [3.8, 4) is 11.3 Å². The van der Waals surface area contributed by atoms with Crippen LogP contribution in [0.4, 0.5) is 0 Å². The number of imidazole rings is 1. The van der Waals surface area contributed by atoms with Crippen LogP contribution in [0.3, 0.4) is 0 Å². The smallest absolute Gasteiger partial charge is 0.124 e. The van der Waals surface area contributed by atoms with Gasteiger partial charge in [-0.25, -0.2) is 4.98 Å². The fourth-order valence-electron chi connectivity index (χ4n) is 2.93. The van der Waals surface area contributed by atoms with E-state index in [0.717, 1.165) is 30.4 Å². The van der Waals surface area contributed by atoms with Crippen LogP contribution in [0.5, 0.6) is 0 Å². The van der Waals surface area contributed by atoms with Crippen molar-refractivity contribution in [2.75, 3.05) is 6.54 Å². The lowest BCUT2D eigenvalue weighted by atomic mass is 10.1. The molecule has 0 saturated heterocycles. The molecule has 0 radical (unpaired) electrons. The molecule has 1 heterocycles. The molecule has 3 heteroatoms. The van der Waals surface area contributed by atoms with Crippen LogP contribution in [0.25, 0.3) is 11.3 Å². The van der Waals surface area contributed by atoms with Crippen molar-refractivity contribution in [1.29, 1.82) is 0 Å². The summed E-state index contributed by atoms with van der Waals surface area (Å²) in [7, 11) is 0. The first-order chi connectivity index (χ1) is 11.7. The first-order valence-electron chi connectivity index (χ1n) is 9.54. The fourth-order valence-corrected chi connectivity index (χ4v) is 2.93. The molecule has 0 aliphatic rings. The van der Waals surface area contributed by atoms with E-state index < -0.39 is 0 Å². The molecule has 1 unspecified atom stereocenters. The number of rotatable bonds is 11. The van der Waals surface area contributed by atoms with Crippen LogP contribution in [0.2, 0.25) is 0 Å². The van der Waals surface area contributed by atoms with Crippen molar-refractivity contribution in [3.63, 3.8) is 0 Å². The Balaban J connectivity index is 2.00. The molecule has 0 fully saturated rings. The Hall–Kier alpha value is -1.61. The highest BCUT2D eigenvalue weighted by Crippen LogP contribution is 2.22. The quantitative estimate of drug-likeness (QED) is 0.518. The van der Waals surface area contributed by atoms with Gasteiger partial charge >= 0.3 is 0 Å². The third kappa shape index (κ3) is 6.12. The molecule has 3 nitrogen and oxygen atoms in total. The van der Waals surface area contributed by atoms with Crippen LogP contribution in [0, 0.1) is 5.92 Å². The van der Waals surface area contributed by atoms with E-state index in [-0.39, 0.29) is 0 Å². The standard InChI is InChI=1S/C21H33N3/c1-4-5-6-10-13-19(22-15-14-17(2)3)21-23-16-20(24-21)18-11-8-7-9-12-18/h7-9,11-12,16-17,19,22H,4-6,10,13-15H2,1-3H3,(H,23,24). The predicted octanol–water partition coefficient (Wildman–Crippen LogP) is 5.72. The zero-order chi connectivity index (χ0) is 17.2. The van der Waals surface area contributed by atoms with Gasteiger partial charge in [0.05, 0.1) is 11.7 Å². The molecular weight excluding hydrogens is 294 g/mol. The lowest BCUT2D eigenvalue weighted by Crippen LogP contribution is -2.24. The summed E-state index contributed by atoms with van der Waals surface area (Å²) in [6.45, 7) is 7.87. The number of H-pyrrole nitrogens is 1. The highest BCUT2D eigenvalue weighted by Gasteiger charge is 2.15. The molecule has 0 spiro atoms. The minimum absolute atomic E-state index is 0.332. The van der Waals surface area contributed by atoms with Crippen molar-refractivity contribution in [2.24, 2.45) is 5.92 Å². The molecule has 1 aromatic carbocycles. The number of hydrogen-bond donors (Lipinski definition) is 2. The van der Waals surface area contributed by atoms with Gasteiger partial charge in [-0.2, -0.15) is 0 Å². The molecule has 0 bridgehead atoms. The zero-order valence-corrected chi connectivity index (χ0v) is 15.5. The van der Waals surface area contributed by atoms with Crippen molar-refractivity contribution < 1.29 is 0 Å². The minimum Gasteiger partial charge on any atom is -0.347 e. The number of nitrogens with one attached hydrogen (secondary N) is 2. The Kier molecular flexibility index (Phi) is 8.03. The number of benzene rings is 1. The van der Waals surface area contributed by atoms with E-state index in [2.05, 4.69) is 55.3 Å². The summed E-state index contributed by atoms with van der Waals surface area (Å²) in [4.78, 5) is 8.27. The lowest BCUT2D eigenvalue weighted by Gasteiger charge is -2.17. The molecule has 2 aromatic rings. The summed E-state index contributed by atoms with van der Waals surface area (Å²) in [5.74, 6) is 1.81. The first kappa shape index (κ1) is 18.7. The van der Waals surface area contributed by atoms with Gasteiger partial charge < -0.3 is 10.3 Å². The third-order valence-electron chi connectivity index (χ3n) is 4.46. The highest BCUT2D eigenvalue weighted by atomic mass is 15.0. The fraction of sp³-hybridized carbons (Fsp3) is 0.571. The van der Waals surface area contributed by atoms with Crippen LogP contribution < -0.4 is 5.32 Å². The Morgan fingerprint density at radius 1 is 1.04 bits per heavy atom. The van der Waals surface area contributed by atoms with Crippen LogP contribution in [0.15, 0.2) is 36.5 Å². The second kappa shape index (κ2) is 10.3. The minimum atomic E-state index is 0.332. The molecule has 0 aliphatic carbocycles. The van der Waals surface area contributed by atoms with E-state index in [9.17, 15) is 0 Å². The number of aromatic amines is 1. The van der Waals surface area contributed by atoms with E-state index in [1.54, 1.807) is 0 Å². The number of nitrogens with zero attached hydrogens (tertiary/aromatic N) is 1. The second-order valence-corrected chi connectivity index (χ2v) is 7.08. The van der Waals surface area contributed by atoms with Gasteiger partial charge in [0.2, 0.25) is 0 Å². The van der Waals surface area contributed by atoms with E-state index in [0.29, 0.717) is 6.04 Å². The Morgan fingerprint density at radius 3 is 2.54 bits per heavy atom. The van der Waals surface area contributed by atoms with Crippen LogP contribution in [0.1, 0.15) is 71.2 Å². The molecular formula is C21H33N3. The summed E-state index contributed by atoms with van der Waals surface area (Å²) >= 11 is 0. The molecule has 132 valence electrons. The Morgan fingerprint density at radius 2 is 1.83 bits per heavy atom. The van der Waals surface area contributed by atoms with Gasteiger partial charge in [-0.05, 0) is 25.3 Å². The second-order valence-electron chi connectivity index (χ2n) is 7.08. The highest BCUT2D eigenvalue weighted by molar-refractivity contribution is 5.58. The largest absolute Gasteiger partial charge is 0.347 e. The maximum Gasteiger partial charge on any atom is 0.124 e. The van der Waals surface area contributed by atoms with Crippen molar-refractivity contribution in [3.05, 3.63) is 42.4 Å². The molecule has 2 N–H and O–H groups in total. The first-order valence-corrected chi connectivity index (χ1v) is 9.54. The van der Waals surface area contributed by atoms with Crippen LogP contribution in [-0.4, -0.2) is 16.5 Å². The van der Waals surface area contributed by atoms with Crippen molar-refractivity contribution >= 4 is 0 Å².